The summed E-state index contributed by atoms with van der Waals surface area (Å²) in [6.07, 6.45) is 5.42. The molecule has 8 nitrogen and oxygen atoms in total. The number of pyridine rings is 1. The third-order valence-corrected chi connectivity index (χ3v) is 6.74. The molecule has 5 rings (SSSR count). The summed E-state index contributed by atoms with van der Waals surface area (Å²) in [4.78, 5) is 47.2. The van der Waals surface area contributed by atoms with Gasteiger partial charge in [-0.05, 0) is 60.4 Å². The number of hydrogen-bond donors (Lipinski definition) is 2. The van der Waals surface area contributed by atoms with Crippen LogP contribution in [0.25, 0.3) is 16.7 Å². The number of methoxy groups -OCH3 is 1. The highest BCUT2D eigenvalue weighted by Crippen LogP contribution is 2.39. The van der Waals surface area contributed by atoms with E-state index in [-0.39, 0.29) is 17.9 Å². The van der Waals surface area contributed by atoms with Gasteiger partial charge < -0.3 is 19.7 Å². The van der Waals surface area contributed by atoms with Crippen molar-refractivity contribution in [3.05, 3.63) is 107 Å². The van der Waals surface area contributed by atoms with Crippen LogP contribution in [0.15, 0.2) is 78.8 Å². The van der Waals surface area contributed by atoms with Crippen molar-refractivity contribution in [2.24, 2.45) is 0 Å². The zero-order valence-electron chi connectivity index (χ0n) is 20.4. The summed E-state index contributed by atoms with van der Waals surface area (Å²) in [5, 5.41) is 12.2. The lowest BCUT2D eigenvalue weighted by molar-refractivity contribution is -0.139. The average Bonchev–Trinajstić information content (AvgIpc) is 3.46. The molecule has 0 saturated carbocycles. The van der Waals surface area contributed by atoms with E-state index in [0.29, 0.717) is 23.1 Å². The monoisotopic (exact) mass is 495 g/mol. The highest BCUT2D eigenvalue weighted by atomic mass is 16.5. The Labute approximate surface area is 213 Å². The van der Waals surface area contributed by atoms with Gasteiger partial charge in [0.1, 0.15) is 5.76 Å². The molecule has 2 N–H and O–H groups in total. The number of amides is 1. The normalized spacial score (nSPS) is 16.9. The molecule has 1 aliphatic heterocycles. The van der Waals surface area contributed by atoms with E-state index in [1.165, 1.54) is 18.2 Å². The van der Waals surface area contributed by atoms with Crippen LogP contribution in [0.5, 0.6) is 0 Å². The Morgan fingerprint density at radius 1 is 1.08 bits per heavy atom. The van der Waals surface area contributed by atoms with Gasteiger partial charge in [0.25, 0.3) is 11.7 Å². The van der Waals surface area contributed by atoms with Crippen molar-refractivity contribution >= 4 is 34.3 Å². The molecule has 1 fully saturated rings. The van der Waals surface area contributed by atoms with Gasteiger partial charge in [-0.3, -0.25) is 14.6 Å². The van der Waals surface area contributed by atoms with Crippen LogP contribution in [-0.2, 0) is 20.7 Å². The fourth-order valence-corrected chi connectivity index (χ4v) is 4.92. The number of ether oxygens (including phenoxy) is 1. The zero-order chi connectivity index (χ0) is 26.1. The van der Waals surface area contributed by atoms with Crippen LogP contribution in [0.1, 0.15) is 38.7 Å². The van der Waals surface area contributed by atoms with Gasteiger partial charge in [0.15, 0.2) is 0 Å². The number of carbonyl (C=O) groups is 3. The first-order valence-corrected chi connectivity index (χ1v) is 11.8. The predicted octanol–water partition coefficient (Wildman–Crippen LogP) is 4.32. The number of esters is 1. The molecule has 1 unspecified atom stereocenters. The maximum atomic E-state index is 13.3. The molecular weight excluding hydrogens is 470 g/mol. The van der Waals surface area contributed by atoms with Crippen molar-refractivity contribution in [1.82, 2.24) is 14.9 Å². The molecule has 0 aliphatic carbocycles. The molecule has 3 heterocycles. The third-order valence-electron chi connectivity index (χ3n) is 6.74. The van der Waals surface area contributed by atoms with E-state index in [4.69, 9.17) is 4.74 Å². The fraction of sp³-hybridized carbons (Fsp3) is 0.172. The van der Waals surface area contributed by atoms with Gasteiger partial charge in [0.05, 0.1) is 24.3 Å². The van der Waals surface area contributed by atoms with Gasteiger partial charge in [-0.15, -0.1) is 0 Å². The van der Waals surface area contributed by atoms with E-state index in [1.54, 1.807) is 42.6 Å². The van der Waals surface area contributed by atoms with Gasteiger partial charge in [0, 0.05) is 41.6 Å². The Balaban J connectivity index is 1.57. The maximum absolute atomic E-state index is 13.3. The molecule has 1 atom stereocenters. The van der Waals surface area contributed by atoms with Crippen molar-refractivity contribution < 1.29 is 24.2 Å². The number of aliphatic hydroxyl groups excluding tert-OH is 1. The summed E-state index contributed by atoms with van der Waals surface area (Å²) in [5.41, 5.74) is 4.40. The number of carbonyl (C=O) groups excluding carboxylic acids is 3. The number of aliphatic hydroxyl groups is 1. The van der Waals surface area contributed by atoms with E-state index in [2.05, 4.69) is 9.97 Å². The average molecular weight is 496 g/mol. The first-order chi connectivity index (χ1) is 17.9. The summed E-state index contributed by atoms with van der Waals surface area (Å²) in [6, 6.07) is 14.9. The number of nitrogens with one attached hydrogen (secondary N) is 1. The van der Waals surface area contributed by atoms with Crippen molar-refractivity contribution in [2.75, 3.05) is 13.7 Å². The molecule has 0 bridgehead atoms. The molecule has 0 spiro atoms. The van der Waals surface area contributed by atoms with Crippen molar-refractivity contribution in [2.45, 2.75) is 19.4 Å². The number of nitrogens with zero attached hydrogens (tertiary/aromatic N) is 2. The van der Waals surface area contributed by atoms with E-state index >= 15 is 0 Å². The Kier molecular flexibility index (Phi) is 6.31. The summed E-state index contributed by atoms with van der Waals surface area (Å²) in [6.45, 7) is 2.28. The van der Waals surface area contributed by atoms with E-state index in [0.717, 1.165) is 22.0 Å². The number of H-pyrrole nitrogens is 1. The van der Waals surface area contributed by atoms with Gasteiger partial charge in [-0.2, -0.15) is 0 Å². The summed E-state index contributed by atoms with van der Waals surface area (Å²) >= 11 is 0. The topological polar surface area (TPSA) is 113 Å². The summed E-state index contributed by atoms with van der Waals surface area (Å²) < 4.78 is 4.78. The van der Waals surface area contributed by atoms with E-state index in [1.807, 2.05) is 31.3 Å². The van der Waals surface area contributed by atoms with E-state index < -0.39 is 23.7 Å². The highest BCUT2D eigenvalue weighted by Gasteiger charge is 2.46. The van der Waals surface area contributed by atoms with Gasteiger partial charge >= 0.3 is 5.97 Å². The van der Waals surface area contributed by atoms with Crippen LogP contribution in [0, 0.1) is 6.92 Å². The van der Waals surface area contributed by atoms with Crippen molar-refractivity contribution in [3.8, 4) is 0 Å². The lowest BCUT2D eigenvalue weighted by Crippen LogP contribution is -2.31. The molecule has 0 radical (unpaired) electrons. The van der Waals surface area contributed by atoms with Crippen molar-refractivity contribution in [1.29, 1.82) is 0 Å². The summed E-state index contributed by atoms with van der Waals surface area (Å²) in [5.74, 6) is -2.24. The number of Topliss-reactive ketones (excluding diaryl/α,β-unsaturated/α-hetero) is 1. The Hall–Kier alpha value is -4.72. The van der Waals surface area contributed by atoms with Crippen molar-refractivity contribution in [3.63, 3.8) is 0 Å². The Bertz CT molecular complexity index is 1540. The first-order valence-electron chi connectivity index (χ1n) is 11.8. The molecule has 186 valence electrons. The largest absolute Gasteiger partial charge is 0.507 e. The molecule has 1 aliphatic rings. The lowest BCUT2D eigenvalue weighted by atomic mass is 9.95. The number of likely N-dealkylation sites (tertiary alicyclic amines) is 1. The minimum absolute atomic E-state index is 0.0149. The highest BCUT2D eigenvalue weighted by molar-refractivity contribution is 6.46. The predicted molar refractivity (Wildman–Crippen MR) is 138 cm³/mol. The number of fused-ring (bicyclic) bond motifs is 1. The van der Waals surface area contributed by atoms with Crippen LogP contribution >= 0.6 is 0 Å². The minimum atomic E-state index is -0.835. The SMILES string of the molecule is COC(=O)c1ccc(C2C(=C(O)c3cccnc3)C(=O)C(=O)N2CCc2c[nH]c3cccc(C)c23)cc1. The Morgan fingerprint density at radius 2 is 1.86 bits per heavy atom. The van der Waals surface area contributed by atoms with Crippen LogP contribution in [0.4, 0.5) is 0 Å². The fourth-order valence-electron chi connectivity index (χ4n) is 4.92. The second-order valence-electron chi connectivity index (χ2n) is 8.91. The Morgan fingerprint density at radius 3 is 2.57 bits per heavy atom. The summed E-state index contributed by atoms with van der Waals surface area (Å²) in [7, 11) is 1.30. The molecule has 2 aromatic heterocycles. The number of aromatic amines is 1. The van der Waals surface area contributed by atoms with Gasteiger partial charge in [-0.25, -0.2) is 4.79 Å². The molecule has 1 saturated heterocycles. The van der Waals surface area contributed by atoms with E-state index in [9.17, 15) is 19.5 Å². The number of hydrogen-bond acceptors (Lipinski definition) is 6. The molecule has 8 heteroatoms. The zero-order valence-corrected chi connectivity index (χ0v) is 20.4. The standard InChI is InChI=1S/C29H25N3O5/c1-17-5-3-7-22-23(17)20(16-31-22)12-14-32-25(18-8-10-19(11-9-18)29(36)37-2)24(27(34)28(32)35)26(33)21-6-4-13-30-15-21/h3-11,13,15-16,25,31,33H,12,14H2,1-2H3. The first kappa shape index (κ1) is 24.0. The second kappa shape index (κ2) is 9.73. The number of aromatic nitrogens is 2. The van der Waals surface area contributed by atoms with Crippen LogP contribution in [0.2, 0.25) is 0 Å². The molecule has 1 amide bonds. The minimum Gasteiger partial charge on any atom is -0.507 e. The van der Waals surface area contributed by atoms with Crippen LogP contribution < -0.4 is 0 Å². The maximum Gasteiger partial charge on any atom is 0.337 e. The number of ketones is 1. The number of benzene rings is 2. The van der Waals surface area contributed by atoms with Gasteiger partial charge in [-0.1, -0.05) is 24.3 Å². The number of aryl methyl sites for hydroxylation is 1. The molecule has 4 aromatic rings. The quantitative estimate of drug-likeness (QED) is 0.178. The third kappa shape index (κ3) is 4.27. The lowest BCUT2D eigenvalue weighted by Gasteiger charge is -2.25. The van der Waals surface area contributed by atoms with Gasteiger partial charge in [0.2, 0.25) is 0 Å². The molecule has 37 heavy (non-hydrogen) atoms. The molecular formula is C29H25N3O5. The van der Waals surface area contributed by atoms with Crippen LogP contribution in [-0.4, -0.2) is 51.3 Å². The smallest absolute Gasteiger partial charge is 0.337 e. The number of rotatable bonds is 6. The van der Waals surface area contributed by atoms with Crippen LogP contribution in [0.3, 0.4) is 0 Å². The molecule has 2 aromatic carbocycles. The second-order valence-corrected chi connectivity index (χ2v) is 8.91.